The maximum absolute atomic E-state index is 13.2. The van der Waals surface area contributed by atoms with Gasteiger partial charge in [-0.3, -0.25) is 4.90 Å². The van der Waals surface area contributed by atoms with E-state index in [1.165, 1.54) is 31.7 Å². The van der Waals surface area contributed by atoms with Gasteiger partial charge in [-0.2, -0.15) is 0 Å². The number of halogens is 1. The van der Waals surface area contributed by atoms with Crippen LogP contribution in [0.4, 0.5) is 4.39 Å². The lowest BCUT2D eigenvalue weighted by Gasteiger charge is -2.36. The van der Waals surface area contributed by atoms with Gasteiger partial charge < -0.3 is 5.32 Å². The second-order valence-electron chi connectivity index (χ2n) is 5.45. The number of hydrogen-bond donors (Lipinski definition) is 1. The molecular formula is C16H25FN2. The van der Waals surface area contributed by atoms with Crippen LogP contribution in [0.1, 0.15) is 38.2 Å². The Kier molecular flexibility index (Phi) is 5.80. The molecule has 0 saturated carbocycles. The van der Waals surface area contributed by atoms with Gasteiger partial charge in [0.15, 0.2) is 0 Å². The maximum atomic E-state index is 13.2. The van der Waals surface area contributed by atoms with Gasteiger partial charge in [-0.05, 0) is 50.0 Å². The first kappa shape index (κ1) is 14.5. The number of rotatable bonds is 6. The molecule has 0 spiro atoms. The number of piperidine rings is 1. The molecule has 0 amide bonds. The van der Waals surface area contributed by atoms with Crippen LogP contribution in [0.2, 0.25) is 0 Å². The zero-order chi connectivity index (χ0) is 13.5. The molecule has 0 aliphatic carbocycles. The summed E-state index contributed by atoms with van der Waals surface area (Å²) in [5.74, 6) is -0.129. The lowest BCUT2D eigenvalue weighted by atomic mass is 10.0. The second kappa shape index (κ2) is 7.61. The van der Waals surface area contributed by atoms with Crippen LogP contribution < -0.4 is 5.32 Å². The van der Waals surface area contributed by atoms with Crippen molar-refractivity contribution >= 4 is 0 Å². The zero-order valence-electron chi connectivity index (χ0n) is 11.9. The van der Waals surface area contributed by atoms with Gasteiger partial charge in [-0.15, -0.1) is 0 Å². The molecular weight excluding hydrogens is 239 g/mol. The van der Waals surface area contributed by atoms with E-state index in [1.807, 2.05) is 6.07 Å². The smallest absolute Gasteiger partial charge is 0.123 e. The minimum absolute atomic E-state index is 0.129. The van der Waals surface area contributed by atoms with Crippen molar-refractivity contribution in [1.29, 1.82) is 0 Å². The molecule has 1 saturated heterocycles. The molecule has 3 heteroatoms. The SMILES string of the molecule is CCCNCC1CCCCN1Cc1cccc(F)c1. The highest BCUT2D eigenvalue weighted by atomic mass is 19.1. The molecule has 106 valence electrons. The minimum Gasteiger partial charge on any atom is -0.315 e. The monoisotopic (exact) mass is 264 g/mol. The van der Waals surface area contributed by atoms with E-state index in [0.717, 1.165) is 31.7 Å². The largest absolute Gasteiger partial charge is 0.315 e. The Bertz CT molecular complexity index is 381. The second-order valence-corrected chi connectivity index (χ2v) is 5.45. The number of nitrogens with one attached hydrogen (secondary N) is 1. The molecule has 2 nitrogen and oxygen atoms in total. The van der Waals surface area contributed by atoms with E-state index in [4.69, 9.17) is 0 Å². The molecule has 1 fully saturated rings. The number of nitrogens with zero attached hydrogens (tertiary/aromatic N) is 1. The van der Waals surface area contributed by atoms with Crippen molar-refractivity contribution in [1.82, 2.24) is 10.2 Å². The molecule has 1 aromatic carbocycles. The highest BCUT2D eigenvalue weighted by Gasteiger charge is 2.21. The summed E-state index contributed by atoms with van der Waals surface area (Å²) in [5, 5.41) is 3.52. The highest BCUT2D eigenvalue weighted by Crippen LogP contribution is 2.19. The molecule has 1 heterocycles. The minimum atomic E-state index is -0.129. The van der Waals surface area contributed by atoms with Crippen molar-refractivity contribution in [3.63, 3.8) is 0 Å². The number of likely N-dealkylation sites (tertiary alicyclic amines) is 1. The van der Waals surface area contributed by atoms with Gasteiger partial charge >= 0.3 is 0 Å². The van der Waals surface area contributed by atoms with Crippen LogP contribution in [0.15, 0.2) is 24.3 Å². The molecule has 19 heavy (non-hydrogen) atoms. The van der Waals surface area contributed by atoms with Gasteiger partial charge in [-0.25, -0.2) is 4.39 Å². The fourth-order valence-corrected chi connectivity index (χ4v) is 2.81. The summed E-state index contributed by atoms with van der Waals surface area (Å²) in [5.41, 5.74) is 1.09. The number of hydrogen-bond acceptors (Lipinski definition) is 2. The molecule has 2 rings (SSSR count). The quantitative estimate of drug-likeness (QED) is 0.794. The molecule has 0 bridgehead atoms. The Labute approximate surface area is 116 Å². The normalized spacial score (nSPS) is 20.6. The van der Waals surface area contributed by atoms with Gasteiger partial charge in [0.05, 0.1) is 0 Å². The third kappa shape index (κ3) is 4.59. The summed E-state index contributed by atoms with van der Waals surface area (Å²) in [6, 6.07) is 7.60. The van der Waals surface area contributed by atoms with E-state index >= 15 is 0 Å². The third-order valence-electron chi connectivity index (χ3n) is 3.83. The average molecular weight is 264 g/mol. The first-order valence-corrected chi connectivity index (χ1v) is 7.49. The van der Waals surface area contributed by atoms with Crippen LogP contribution in [0.25, 0.3) is 0 Å². The first-order chi connectivity index (χ1) is 9.29. The summed E-state index contributed by atoms with van der Waals surface area (Å²) in [6.45, 7) is 6.34. The van der Waals surface area contributed by atoms with Gasteiger partial charge in [-0.1, -0.05) is 25.5 Å². The van der Waals surface area contributed by atoms with Crippen LogP contribution in [-0.2, 0) is 6.54 Å². The number of benzene rings is 1. The standard InChI is InChI=1S/C16H25FN2/c1-2-9-18-12-16-8-3-4-10-19(16)13-14-6-5-7-15(17)11-14/h5-7,11,16,18H,2-4,8-10,12-13H2,1H3. The Balaban J connectivity index is 1.91. The van der Waals surface area contributed by atoms with Crippen molar-refractivity contribution in [2.24, 2.45) is 0 Å². The molecule has 1 aliphatic rings. The lowest BCUT2D eigenvalue weighted by molar-refractivity contribution is 0.137. The molecule has 0 radical (unpaired) electrons. The summed E-state index contributed by atoms with van der Waals surface area (Å²) >= 11 is 0. The lowest BCUT2D eigenvalue weighted by Crippen LogP contribution is -2.45. The summed E-state index contributed by atoms with van der Waals surface area (Å²) < 4.78 is 13.2. The maximum Gasteiger partial charge on any atom is 0.123 e. The van der Waals surface area contributed by atoms with E-state index in [2.05, 4.69) is 17.1 Å². The highest BCUT2D eigenvalue weighted by molar-refractivity contribution is 5.16. The molecule has 0 aromatic heterocycles. The Morgan fingerprint density at radius 3 is 3.05 bits per heavy atom. The van der Waals surface area contributed by atoms with Gasteiger partial charge in [0, 0.05) is 19.1 Å². The van der Waals surface area contributed by atoms with Gasteiger partial charge in [0.25, 0.3) is 0 Å². The molecule has 1 aromatic rings. The first-order valence-electron chi connectivity index (χ1n) is 7.49. The molecule has 1 atom stereocenters. The van der Waals surface area contributed by atoms with Crippen LogP contribution in [0.5, 0.6) is 0 Å². The van der Waals surface area contributed by atoms with Gasteiger partial charge in [0.2, 0.25) is 0 Å². The van der Waals surface area contributed by atoms with Crippen molar-refractivity contribution in [3.8, 4) is 0 Å². The predicted octanol–water partition coefficient (Wildman–Crippen LogP) is 3.18. The summed E-state index contributed by atoms with van der Waals surface area (Å²) in [4.78, 5) is 2.50. The van der Waals surface area contributed by atoms with Crippen LogP contribution in [-0.4, -0.2) is 30.6 Å². The van der Waals surface area contributed by atoms with Crippen LogP contribution >= 0.6 is 0 Å². The Morgan fingerprint density at radius 1 is 1.37 bits per heavy atom. The van der Waals surface area contributed by atoms with E-state index in [9.17, 15) is 4.39 Å². The Hall–Kier alpha value is -0.930. The van der Waals surface area contributed by atoms with Crippen molar-refractivity contribution in [2.75, 3.05) is 19.6 Å². The molecule has 1 N–H and O–H groups in total. The molecule has 1 aliphatic heterocycles. The average Bonchev–Trinajstić information content (AvgIpc) is 2.41. The summed E-state index contributed by atoms with van der Waals surface area (Å²) in [6.07, 6.45) is 5.01. The van der Waals surface area contributed by atoms with E-state index in [-0.39, 0.29) is 5.82 Å². The van der Waals surface area contributed by atoms with Crippen molar-refractivity contribution in [3.05, 3.63) is 35.6 Å². The fourth-order valence-electron chi connectivity index (χ4n) is 2.81. The predicted molar refractivity (Wildman–Crippen MR) is 77.6 cm³/mol. The summed E-state index contributed by atoms with van der Waals surface area (Å²) in [7, 11) is 0. The van der Waals surface area contributed by atoms with E-state index < -0.39 is 0 Å². The van der Waals surface area contributed by atoms with Crippen molar-refractivity contribution < 1.29 is 4.39 Å². The van der Waals surface area contributed by atoms with E-state index in [1.54, 1.807) is 12.1 Å². The van der Waals surface area contributed by atoms with E-state index in [0.29, 0.717) is 6.04 Å². The van der Waals surface area contributed by atoms with Crippen LogP contribution in [0.3, 0.4) is 0 Å². The topological polar surface area (TPSA) is 15.3 Å². The van der Waals surface area contributed by atoms with Crippen LogP contribution in [0, 0.1) is 5.82 Å². The van der Waals surface area contributed by atoms with Gasteiger partial charge in [0.1, 0.15) is 5.82 Å². The molecule has 1 unspecified atom stereocenters. The Morgan fingerprint density at radius 2 is 2.26 bits per heavy atom. The zero-order valence-corrected chi connectivity index (χ0v) is 11.9. The third-order valence-corrected chi connectivity index (χ3v) is 3.83. The fraction of sp³-hybridized carbons (Fsp3) is 0.625. The van der Waals surface area contributed by atoms with Crippen molar-refractivity contribution in [2.45, 2.75) is 45.2 Å².